The lowest BCUT2D eigenvalue weighted by Gasteiger charge is -2.11. The number of benzene rings is 1. The van der Waals surface area contributed by atoms with E-state index in [0.29, 0.717) is 23.8 Å². The monoisotopic (exact) mass is 594 g/mol. The van der Waals surface area contributed by atoms with E-state index in [1.165, 1.54) is 18.6 Å². The van der Waals surface area contributed by atoms with Crippen LogP contribution in [0.1, 0.15) is 42.7 Å². The molecule has 2 N–H and O–H groups in total. The van der Waals surface area contributed by atoms with Crippen molar-refractivity contribution in [2.24, 2.45) is 0 Å². The van der Waals surface area contributed by atoms with Gasteiger partial charge in [0.1, 0.15) is 27.7 Å². The maximum absolute atomic E-state index is 13.1. The highest BCUT2D eigenvalue weighted by Crippen LogP contribution is 2.36. The number of Topliss-reactive ketones (excluding diaryl/α,β-unsaturated/α-hetero) is 1. The van der Waals surface area contributed by atoms with E-state index in [1.54, 1.807) is 12.4 Å². The number of nitrogens with one attached hydrogen (secondary N) is 2. The first-order valence-electron chi connectivity index (χ1n) is 11.4. The normalized spacial score (nSPS) is 11.3. The summed E-state index contributed by atoms with van der Waals surface area (Å²) < 4.78 is 39.2. The Bertz CT molecular complexity index is 1480. The molecule has 0 aliphatic heterocycles. The summed E-state index contributed by atoms with van der Waals surface area (Å²) in [7, 11) is 0. The maximum atomic E-state index is 13.1. The average Bonchev–Trinajstić information content (AvgIpc) is 3.39. The molecular formula is C25H19Cl2F3N6O2S. The predicted molar refractivity (Wildman–Crippen MR) is 143 cm³/mol. The molecule has 0 fully saturated rings. The maximum Gasteiger partial charge on any atom is 0.417 e. The Balaban J connectivity index is 1.33. The van der Waals surface area contributed by atoms with Crippen LogP contribution in [0.2, 0.25) is 10.0 Å². The van der Waals surface area contributed by atoms with Crippen LogP contribution in [0.25, 0.3) is 0 Å². The van der Waals surface area contributed by atoms with Gasteiger partial charge < -0.3 is 10.6 Å². The van der Waals surface area contributed by atoms with Crippen molar-refractivity contribution in [3.63, 3.8) is 0 Å². The summed E-state index contributed by atoms with van der Waals surface area (Å²) in [5.74, 6) is -0.628. The first kappa shape index (κ1) is 28.4. The van der Waals surface area contributed by atoms with Crippen LogP contribution in [0.5, 0.6) is 0 Å². The Kier molecular flexibility index (Phi) is 9.10. The zero-order valence-electron chi connectivity index (χ0n) is 19.9. The van der Waals surface area contributed by atoms with Crippen LogP contribution >= 0.6 is 34.5 Å². The van der Waals surface area contributed by atoms with E-state index < -0.39 is 22.7 Å². The number of thiazole rings is 1. The van der Waals surface area contributed by atoms with Gasteiger partial charge in [0.25, 0.3) is 5.91 Å². The molecule has 0 saturated heterocycles. The van der Waals surface area contributed by atoms with Crippen molar-refractivity contribution in [3.8, 4) is 0 Å². The molecule has 1 amide bonds. The molecule has 4 aromatic rings. The van der Waals surface area contributed by atoms with Crippen molar-refractivity contribution in [1.82, 2.24) is 19.9 Å². The molecule has 8 nitrogen and oxygen atoms in total. The average molecular weight is 595 g/mol. The zero-order chi connectivity index (χ0) is 28.0. The van der Waals surface area contributed by atoms with Crippen molar-refractivity contribution in [1.29, 1.82) is 0 Å². The van der Waals surface area contributed by atoms with Crippen molar-refractivity contribution in [2.75, 3.05) is 17.2 Å². The molecule has 0 aliphatic carbocycles. The number of anilines is 2. The summed E-state index contributed by atoms with van der Waals surface area (Å²) in [6, 6.07) is 6.88. The third kappa shape index (κ3) is 7.49. The molecule has 0 atom stereocenters. The highest BCUT2D eigenvalue weighted by atomic mass is 35.5. The SMILES string of the molecule is O=C(Nc1ccc(Cl)c(C(F)(F)F)c1)c1cnc(CCC(=O)c2ncnc(NCCc3ccncc3)c2Cl)s1. The van der Waals surface area contributed by atoms with Gasteiger partial charge in [-0.15, -0.1) is 11.3 Å². The molecule has 0 aliphatic rings. The lowest BCUT2D eigenvalue weighted by atomic mass is 10.1. The van der Waals surface area contributed by atoms with Crippen LogP contribution < -0.4 is 10.6 Å². The molecule has 0 saturated carbocycles. The summed E-state index contributed by atoms with van der Waals surface area (Å²) >= 11 is 13.0. The highest BCUT2D eigenvalue weighted by molar-refractivity contribution is 7.13. The molecule has 0 radical (unpaired) electrons. The van der Waals surface area contributed by atoms with E-state index in [0.717, 1.165) is 29.0 Å². The number of aromatic nitrogens is 4. The number of hydrogen-bond acceptors (Lipinski definition) is 8. The summed E-state index contributed by atoms with van der Waals surface area (Å²) in [5.41, 5.74) is 0.0249. The molecular weight excluding hydrogens is 576 g/mol. The first-order valence-corrected chi connectivity index (χ1v) is 13.0. The number of nitrogens with zero attached hydrogens (tertiary/aromatic N) is 4. The fourth-order valence-corrected chi connectivity index (χ4v) is 4.75. The third-order valence-electron chi connectivity index (χ3n) is 5.38. The van der Waals surface area contributed by atoms with Gasteiger partial charge in [0.2, 0.25) is 0 Å². The fraction of sp³-hybridized carbons (Fsp3) is 0.200. The zero-order valence-corrected chi connectivity index (χ0v) is 22.3. The van der Waals surface area contributed by atoms with Gasteiger partial charge in [0, 0.05) is 37.5 Å². The number of hydrogen-bond donors (Lipinski definition) is 2. The van der Waals surface area contributed by atoms with Crippen LogP contribution in [0, 0.1) is 0 Å². The minimum atomic E-state index is -4.66. The van der Waals surface area contributed by atoms with E-state index in [4.69, 9.17) is 23.2 Å². The Labute approximate surface area is 234 Å². The number of alkyl halides is 3. The van der Waals surface area contributed by atoms with Crippen LogP contribution in [0.4, 0.5) is 24.7 Å². The van der Waals surface area contributed by atoms with Crippen molar-refractivity contribution in [2.45, 2.75) is 25.4 Å². The number of carbonyl (C=O) groups excluding carboxylic acids is 2. The number of carbonyl (C=O) groups is 2. The van der Waals surface area contributed by atoms with E-state index in [1.807, 2.05) is 12.1 Å². The molecule has 202 valence electrons. The predicted octanol–water partition coefficient (Wildman–Crippen LogP) is 6.38. The fourth-order valence-electron chi connectivity index (χ4n) is 3.44. The Hall–Kier alpha value is -3.61. The minimum absolute atomic E-state index is 0.0217. The van der Waals surface area contributed by atoms with E-state index in [2.05, 4.69) is 30.6 Å². The standard InChI is InChI=1S/C25H19Cl2F3N6O2S/c26-17-2-1-15(11-16(17)25(28,29)30)36-24(38)19-12-33-20(39-19)4-3-18(37)22-21(27)23(35-13-34-22)32-10-7-14-5-8-31-9-6-14/h1-2,5-6,8-9,11-13H,3-4,7,10H2,(H,36,38)(H,32,34,35). The number of amides is 1. The van der Waals surface area contributed by atoms with Crippen LogP contribution in [-0.4, -0.2) is 38.2 Å². The van der Waals surface area contributed by atoms with Gasteiger partial charge in [0.05, 0.1) is 21.8 Å². The second-order valence-corrected chi connectivity index (χ2v) is 10.0. The number of aryl methyl sites for hydroxylation is 1. The van der Waals surface area contributed by atoms with Gasteiger partial charge in [-0.3, -0.25) is 14.6 Å². The molecule has 3 heterocycles. The van der Waals surface area contributed by atoms with Crippen LogP contribution in [-0.2, 0) is 19.0 Å². The first-order chi connectivity index (χ1) is 18.6. The lowest BCUT2D eigenvalue weighted by molar-refractivity contribution is -0.137. The Morgan fingerprint density at radius 3 is 2.51 bits per heavy atom. The van der Waals surface area contributed by atoms with Crippen molar-refractivity contribution in [3.05, 3.63) is 92.0 Å². The number of rotatable bonds is 10. The lowest BCUT2D eigenvalue weighted by Crippen LogP contribution is -2.12. The van der Waals surface area contributed by atoms with Crippen LogP contribution in [0.3, 0.4) is 0 Å². The summed E-state index contributed by atoms with van der Waals surface area (Å²) in [4.78, 5) is 41.7. The van der Waals surface area contributed by atoms with E-state index in [-0.39, 0.29) is 39.9 Å². The van der Waals surface area contributed by atoms with Gasteiger partial charge in [-0.1, -0.05) is 23.2 Å². The molecule has 3 aromatic heterocycles. The van der Waals surface area contributed by atoms with E-state index in [9.17, 15) is 22.8 Å². The highest BCUT2D eigenvalue weighted by Gasteiger charge is 2.33. The Morgan fingerprint density at radius 2 is 1.77 bits per heavy atom. The molecule has 39 heavy (non-hydrogen) atoms. The molecule has 0 bridgehead atoms. The quantitative estimate of drug-likeness (QED) is 0.205. The molecule has 14 heteroatoms. The third-order valence-corrected chi connectivity index (χ3v) is 7.13. The molecule has 0 unspecified atom stereocenters. The minimum Gasteiger partial charge on any atom is -0.368 e. The van der Waals surface area contributed by atoms with E-state index >= 15 is 0 Å². The largest absolute Gasteiger partial charge is 0.417 e. The molecule has 0 spiro atoms. The van der Waals surface area contributed by atoms with Gasteiger partial charge >= 0.3 is 6.18 Å². The number of halogens is 5. The topological polar surface area (TPSA) is 110 Å². The summed E-state index contributed by atoms with van der Waals surface area (Å²) in [6.07, 6.45) is 2.22. The van der Waals surface area contributed by atoms with Gasteiger partial charge in [0.15, 0.2) is 5.78 Å². The van der Waals surface area contributed by atoms with Crippen LogP contribution in [0.15, 0.2) is 55.2 Å². The molecule has 1 aromatic carbocycles. The second-order valence-electron chi connectivity index (χ2n) is 8.11. The van der Waals surface area contributed by atoms with Gasteiger partial charge in [-0.25, -0.2) is 15.0 Å². The van der Waals surface area contributed by atoms with Crippen molar-refractivity contribution >= 4 is 57.7 Å². The second kappa shape index (κ2) is 12.5. The summed E-state index contributed by atoms with van der Waals surface area (Å²) in [6.45, 7) is 0.534. The molecule has 4 rings (SSSR count). The number of pyridine rings is 1. The Morgan fingerprint density at radius 1 is 1.00 bits per heavy atom. The van der Waals surface area contributed by atoms with Gasteiger partial charge in [-0.05, 0) is 42.3 Å². The number of ketones is 1. The smallest absolute Gasteiger partial charge is 0.368 e. The van der Waals surface area contributed by atoms with Crippen molar-refractivity contribution < 1.29 is 22.8 Å². The van der Waals surface area contributed by atoms with Gasteiger partial charge in [-0.2, -0.15) is 13.2 Å². The summed E-state index contributed by atoms with van der Waals surface area (Å²) in [5, 5.41) is 5.63.